The Morgan fingerprint density at radius 1 is 1.16 bits per heavy atom. The summed E-state index contributed by atoms with van der Waals surface area (Å²) in [6.45, 7) is 15.5. The van der Waals surface area contributed by atoms with E-state index in [1.807, 2.05) is 76.2 Å². The van der Waals surface area contributed by atoms with Gasteiger partial charge < -0.3 is 24.4 Å². The molecule has 5 rings (SSSR count). The van der Waals surface area contributed by atoms with Crippen molar-refractivity contribution in [2.75, 3.05) is 24.7 Å². The summed E-state index contributed by atoms with van der Waals surface area (Å²) in [5.74, 6) is -3.13. The van der Waals surface area contributed by atoms with Crippen LogP contribution in [0.25, 0.3) is 10.8 Å². The number of amides is 2. The van der Waals surface area contributed by atoms with Gasteiger partial charge in [-0.15, -0.1) is 13.2 Å². The lowest BCUT2D eigenvalue weighted by atomic mass is 9.62. The van der Waals surface area contributed by atoms with Gasteiger partial charge >= 0.3 is 5.97 Å². The van der Waals surface area contributed by atoms with Crippen LogP contribution in [-0.4, -0.2) is 70.8 Å². The highest BCUT2D eigenvalue weighted by Gasteiger charge is 2.81. The minimum absolute atomic E-state index is 0.111. The highest BCUT2D eigenvalue weighted by molar-refractivity contribution is 6.06. The number of anilines is 1. The summed E-state index contributed by atoms with van der Waals surface area (Å²) in [6, 6.07) is 12.1. The first-order valence-electron chi connectivity index (χ1n) is 15.9. The number of carbonyl (C=O) groups is 3. The molecule has 3 aliphatic heterocycles. The summed E-state index contributed by atoms with van der Waals surface area (Å²) >= 11 is 0. The Morgan fingerprint density at radius 3 is 2.55 bits per heavy atom. The normalized spacial score (nSPS) is 29.6. The van der Waals surface area contributed by atoms with Crippen molar-refractivity contribution in [3.63, 3.8) is 0 Å². The second-order valence-corrected chi connectivity index (χ2v) is 13.2. The van der Waals surface area contributed by atoms with E-state index in [1.54, 1.807) is 11.0 Å². The minimum Gasteiger partial charge on any atom is -0.465 e. The summed E-state index contributed by atoms with van der Waals surface area (Å²) in [6.07, 6.45) is 6.31. The van der Waals surface area contributed by atoms with Crippen molar-refractivity contribution in [1.29, 1.82) is 0 Å². The maximum atomic E-state index is 15.0. The fourth-order valence-corrected chi connectivity index (χ4v) is 7.89. The Balaban J connectivity index is 1.58. The van der Waals surface area contributed by atoms with Crippen LogP contribution in [0, 0.1) is 23.7 Å². The molecule has 44 heavy (non-hydrogen) atoms. The van der Waals surface area contributed by atoms with Crippen molar-refractivity contribution >= 4 is 34.2 Å². The lowest BCUT2D eigenvalue weighted by Gasteiger charge is -2.40. The molecule has 3 heterocycles. The van der Waals surface area contributed by atoms with Gasteiger partial charge in [-0.25, -0.2) is 0 Å². The molecule has 2 bridgehead atoms. The smallest absolute Gasteiger partial charge is 0.312 e. The molecule has 236 valence electrons. The van der Waals surface area contributed by atoms with E-state index >= 15 is 0 Å². The molecule has 2 aromatic carbocycles. The second-order valence-electron chi connectivity index (χ2n) is 13.2. The fourth-order valence-electron chi connectivity index (χ4n) is 7.89. The summed E-state index contributed by atoms with van der Waals surface area (Å²) < 4.78 is 12.6. The number of benzene rings is 2. The Morgan fingerprint density at radius 2 is 1.89 bits per heavy atom. The van der Waals surface area contributed by atoms with Gasteiger partial charge in [0, 0.05) is 12.2 Å². The van der Waals surface area contributed by atoms with Crippen molar-refractivity contribution < 1.29 is 29.0 Å². The van der Waals surface area contributed by atoms with E-state index in [1.165, 1.54) is 4.90 Å². The highest BCUT2D eigenvalue weighted by Crippen LogP contribution is 2.66. The van der Waals surface area contributed by atoms with Gasteiger partial charge in [-0.2, -0.15) is 0 Å². The summed E-state index contributed by atoms with van der Waals surface area (Å²) in [5, 5.41) is 12.6. The molecule has 7 atom stereocenters. The van der Waals surface area contributed by atoms with Crippen LogP contribution < -0.4 is 4.90 Å². The number of nitrogens with zero attached hydrogens (tertiary/aromatic N) is 2. The van der Waals surface area contributed by atoms with Gasteiger partial charge in [0.25, 0.3) is 5.91 Å². The summed E-state index contributed by atoms with van der Waals surface area (Å²) in [5.41, 5.74) is -1.54. The van der Waals surface area contributed by atoms with Gasteiger partial charge in [-0.05, 0) is 67.3 Å². The first-order chi connectivity index (χ1) is 21.0. The SMILES string of the molecule is C=CCCCCOC(=O)[C@H]1[C@H]2C(=O)N([C@@H](CO)C(C)C)C(C(=O)N(CC=C)c3ccc4ccccc4c3)C23CC(C)[C@]1(C)O3. The quantitative estimate of drug-likeness (QED) is 0.190. The Kier molecular flexibility index (Phi) is 9.06. The van der Waals surface area contributed by atoms with Crippen LogP contribution in [0.15, 0.2) is 67.8 Å². The van der Waals surface area contributed by atoms with Gasteiger partial charge in [0.1, 0.15) is 17.6 Å². The molecular formula is C36H46N2O6. The predicted octanol–water partition coefficient (Wildman–Crippen LogP) is 5.29. The van der Waals surface area contributed by atoms with Crippen molar-refractivity contribution in [3.8, 4) is 0 Å². The Bertz CT molecular complexity index is 1440. The molecule has 3 fully saturated rings. The number of likely N-dealkylation sites (tertiary alicyclic amines) is 1. The van der Waals surface area contributed by atoms with E-state index in [9.17, 15) is 19.5 Å². The van der Waals surface area contributed by atoms with Crippen molar-refractivity contribution in [3.05, 3.63) is 67.8 Å². The van der Waals surface area contributed by atoms with Crippen molar-refractivity contribution in [2.45, 2.75) is 76.7 Å². The first kappa shape index (κ1) is 31.9. The molecule has 3 unspecified atom stereocenters. The molecule has 0 saturated carbocycles. The Hall–Kier alpha value is -3.49. The molecule has 3 saturated heterocycles. The van der Waals surface area contributed by atoms with Crippen LogP contribution in [0.2, 0.25) is 0 Å². The minimum atomic E-state index is -1.24. The third kappa shape index (κ3) is 5.06. The van der Waals surface area contributed by atoms with Crippen LogP contribution in [0.5, 0.6) is 0 Å². The number of hydrogen-bond donors (Lipinski definition) is 1. The molecule has 1 spiro atoms. The number of ether oxygens (including phenoxy) is 2. The third-order valence-corrected chi connectivity index (χ3v) is 10.2. The van der Waals surface area contributed by atoms with Gasteiger partial charge in [-0.3, -0.25) is 14.4 Å². The second kappa shape index (κ2) is 12.5. The lowest BCUT2D eigenvalue weighted by Crippen LogP contribution is -2.60. The van der Waals surface area contributed by atoms with Crippen LogP contribution in [-0.2, 0) is 23.9 Å². The molecule has 0 radical (unpaired) electrons. The van der Waals surface area contributed by atoms with Crippen molar-refractivity contribution in [1.82, 2.24) is 4.90 Å². The first-order valence-corrected chi connectivity index (χ1v) is 15.9. The molecule has 2 amide bonds. The topological polar surface area (TPSA) is 96.4 Å². The molecule has 1 N–H and O–H groups in total. The number of fused-ring (bicyclic) bond motifs is 2. The van der Waals surface area contributed by atoms with Crippen LogP contribution in [0.3, 0.4) is 0 Å². The summed E-state index contributed by atoms with van der Waals surface area (Å²) in [4.78, 5) is 46.5. The standard InChI is InChI=1S/C36H46N2O6/c1-7-9-10-13-19-43-34(42)30-29-32(40)38(28(22-39)23(3)4)31(36(29)21-24(5)35(30,6)44-36)33(41)37(18-8-2)27-17-16-25-14-11-12-15-26(25)20-27/h7-8,11-12,14-17,20,23-24,28-31,39H,1-2,9-10,13,18-19,21-22H2,3-6H3/t24?,28-,29-,30+,31?,35-,36?/m0/s1. The largest absolute Gasteiger partial charge is 0.465 e. The van der Waals surface area contributed by atoms with E-state index in [2.05, 4.69) is 13.2 Å². The zero-order valence-corrected chi connectivity index (χ0v) is 26.4. The van der Waals surface area contributed by atoms with Crippen LogP contribution in [0.1, 0.15) is 53.4 Å². The van der Waals surface area contributed by atoms with E-state index in [0.717, 1.165) is 23.6 Å². The average molecular weight is 603 g/mol. The number of carbonyl (C=O) groups excluding carboxylic acids is 3. The highest BCUT2D eigenvalue weighted by atomic mass is 16.6. The van der Waals surface area contributed by atoms with Crippen LogP contribution >= 0.6 is 0 Å². The lowest BCUT2D eigenvalue weighted by molar-refractivity contribution is -0.163. The molecule has 3 aliphatic rings. The molecule has 8 heteroatoms. The zero-order chi connectivity index (χ0) is 31.8. The van der Waals surface area contributed by atoms with Crippen LogP contribution in [0.4, 0.5) is 5.69 Å². The van der Waals surface area contributed by atoms with Gasteiger partial charge in [-0.1, -0.05) is 63.3 Å². The number of aliphatic hydroxyl groups is 1. The van der Waals surface area contributed by atoms with Gasteiger partial charge in [0.05, 0.1) is 30.8 Å². The predicted molar refractivity (Wildman–Crippen MR) is 171 cm³/mol. The molecule has 8 nitrogen and oxygen atoms in total. The number of aliphatic hydroxyl groups excluding tert-OH is 1. The van der Waals surface area contributed by atoms with Gasteiger partial charge in [0.15, 0.2) is 0 Å². The van der Waals surface area contributed by atoms with E-state index < -0.39 is 41.1 Å². The summed E-state index contributed by atoms with van der Waals surface area (Å²) in [7, 11) is 0. The van der Waals surface area contributed by atoms with E-state index in [-0.39, 0.29) is 43.4 Å². The number of esters is 1. The van der Waals surface area contributed by atoms with E-state index in [0.29, 0.717) is 18.5 Å². The average Bonchev–Trinajstić information content (AvgIpc) is 3.52. The fraction of sp³-hybridized carbons (Fsp3) is 0.528. The zero-order valence-electron chi connectivity index (χ0n) is 26.4. The number of rotatable bonds is 13. The van der Waals surface area contributed by atoms with E-state index in [4.69, 9.17) is 9.47 Å². The molecule has 0 aliphatic carbocycles. The molecular weight excluding hydrogens is 556 g/mol. The number of unbranched alkanes of at least 4 members (excludes halogenated alkanes) is 2. The van der Waals surface area contributed by atoms with Gasteiger partial charge in [0.2, 0.25) is 5.91 Å². The maximum Gasteiger partial charge on any atom is 0.312 e. The molecule has 2 aromatic rings. The number of allylic oxidation sites excluding steroid dienone is 1. The number of hydrogen-bond acceptors (Lipinski definition) is 6. The van der Waals surface area contributed by atoms with Crippen molar-refractivity contribution in [2.24, 2.45) is 23.7 Å². The third-order valence-electron chi connectivity index (χ3n) is 10.2. The monoisotopic (exact) mass is 602 g/mol. The maximum absolute atomic E-state index is 15.0. The Labute approximate surface area is 260 Å². The molecule has 0 aromatic heterocycles.